The van der Waals surface area contributed by atoms with E-state index in [0.29, 0.717) is 18.1 Å². The Morgan fingerprint density at radius 1 is 1.38 bits per heavy atom. The largest absolute Gasteiger partial charge is 0.381 e. The molecule has 2 aliphatic heterocycles. The average molecular weight is 228 g/mol. The smallest absolute Gasteiger partial charge is 0.0700 e. The minimum atomic E-state index is 0.316. The molecule has 0 amide bonds. The molecule has 2 N–H and O–H groups in total. The molecule has 0 saturated carbocycles. The first-order valence-electron chi connectivity index (χ1n) is 6.47. The second-order valence-electron chi connectivity index (χ2n) is 4.95. The van der Waals surface area contributed by atoms with Gasteiger partial charge in [0, 0.05) is 38.2 Å². The maximum absolute atomic E-state index is 6.13. The van der Waals surface area contributed by atoms with Crippen molar-refractivity contribution < 1.29 is 9.47 Å². The molecule has 2 heterocycles. The molecule has 0 radical (unpaired) electrons. The van der Waals surface area contributed by atoms with E-state index < -0.39 is 0 Å². The van der Waals surface area contributed by atoms with Crippen LogP contribution in [0.1, 0.15) is 19.8 Å². The van der Waals surface area contributed by atoms with Crippen molar-refractivity contribution in [1.82, 2.24) is 4.90 Å². The Morgan fingerprint density at radius 3 is 3.00 bits per heavy atom. The first kappa shape index (κ1) is 12.3. The maximum atomic E-state index is 6.13. The van der Waals surface area contributed by atoms with Gasteiger partial charge in [0.2, 0.25) is 0 Å². The Labute approximate surface area is 98.1 Å². The lowest BCUT2D eigenvalue weighted by Crippen LogP contribution is -2.49. The number of rotatable bonds is 3. The highest BCUT2D eigenvalue weighted by Crippen LogP contribution is 2.16. The third-order valence-electron chi connectivity index (χ3n) is 3.70. The predicted molar refractivity (Wildman–Crippen MR) is 63.4 cm³/mol. The Bertz CT molecular complexity index is 213. The van der Waals surface area contributed by atoms with Crippen LogP contribution in [0.15, 0.2) is 0 Å². The van der Waals surface area contributed by atoms with E-state index in [0.717, 1.165) is 52.3 Å². The molecule has 2 rings (SSSR count). The van der Waals surface area contributed by atoms with Crippen LogP contribution in [0.25, 0.3) is 0 Å². The van der Waals surface area contributed by atoms with Crippen LogP contribution in [0.5, 0.6) is 0 Å². The lowest BCUT2D eigenvalue weighted by atomic mass is 9.96. The molecular formula is C12H24N2O2. The molecule has 2 aliphatic rings. The summed E-state index contributed by atoms with van der Waals surface area (Å²) in [6.07, 6.45) is 2.52. The summed E-state index contributed by atoms with van der Waals surface area (Å²) in [5.41, 5.74) is 6.13. The van der Waals surface area contributed by atoms with Gasteiger partial charge in [-0.25, -0.2) is 0 Å². The SMILES string of the molecule is CCC1CN(CC2COCCC2N)CCO1. The molecule has 16 heavy (non-hydrogen) atoms. The summed E-state index contributed by atoms with van der Waals surface area (Å²) in [6, 6.07) is 0.316. The van der Waals surface area contributed by atoms with Gasteiger partial charge in [0.25, 0.3) is 0 Å². The van der Waals surface area contributed by atoms with Crippen molar-refractivity contribution in [2.24, 2.45) is 11.7 Å². The van der Waals surface area contributed by atoms with Gasteiger partial charge in [-0.05, 0) is 12.8 Å². The molecule has 2 fully saturated rings. The van der Waals surface area contributed by atoms with E-state index in [2.05, 4.69) is 11.8 Å². The van der Waals surface area contributed by atoms with Gasteiger partial charge in [-0.2, -0.15) is 0 Å². The van der Waals surface area contributed by atoms with Crippen LogP contribution in [-0.4, -0.2) is 56.5 Å². The molecule has 0 spiro atoms. The summed E-state index contributed by atoms with van der Waals surface area (Å²) in [5, 5.41) is 0. The number of morpholine rings is 1. The summed E-state index contributed by atoms with van der Waals surface area (Å²) < 4.78 is 11.2. The summed E-state index contributed by atoms with van der Waals surface area (Å²) in [6.45, 7) is 7.87. The predicted octanol–water partition coefficient (Wildman–Crippen LogP) is 0.461. The second-order valence-corrected chi connectivity index (χ2v) is 4.95. The third-order valence-corrected chi connectivity index (χ3v) is 3.70. The summed E-state index contributed by atoms with van der Waals surface area (Å²) in [7, 11) is 0. The summed E-state index contributed by atoms with van der Waals surface area (Å²) in [4.78, 5) is 2.48. The van der Waals surface area contributed by atoms with E-state index in [4.69, 9.17) is 15.2 Å². The van der Waals surface area contributed by atoms with Crippen molar-refractivity contribution in [2.45, 2.75) is 31.9 Å². The molecule has 0 aliphatic carbocycles. The maximum Gasteiger partial charge on any atom is 0.0700 e. The molecule has 0 aromatic rings. The van der Waals surface area contributed by atoms with Gasteiger partial charge in [-0.1, -0.05) is 6.92 Å². The van der Waals surface area contributed by atoms with Crippen LogP contribution in [0.4, 0.5) is 0 Å². The lowest BCUT2D eigenvalue weighted by molar-refractivity contribution is -0.0465. The van der Waals surface area contributed by atoms with E-state index in [9.17, 15) is 0 Å². The highest BCUT2D eigenvalue weighted by atomic mass is 16.5. The fourth-order valence-electron chi connectivity index (χ4n) is 2.53. The van der Waals surface area contributed by atoms with Gasteiger partial charge >= 0.3 is 0 Å². The number of ether oxygens (including phenoxy) is 2. The van der Waals surface area contributed by atoms with Crippen molar-refractivity contribution in [3.05, 3.63) is 0 Å². The normalized spacial score (nSPS) is 37.5. The standard InChI is InChI=1S/C12H24N2O2/c1-2-11-8-14(4-6-16-11)7-10-9-15-5-3-12(10)13/h10-12H,2-9,13H2,1H3. The zero-order valence-corrected chi connectivity index (χ0v) is 10.2. The van der Waals surface area contributed by atoms with E-state index in [1.807, 2.05) is 0 Å². The number of nitrogens with two attached hydrogens (primary N) is 1. The van der Waals surface area contributed by atoms with Gasteiger partial charge in [-0.15, -0.1) is 0 Å². The molecular weight excluding hydrogens is 204 g/mol. The van der Waals surface area contributed by atoms with Crippen molar-refractivity contribution in [3.8, 4) is 0 Å². The zero-order chi connectivity index (χ0) is 11.4. The van der Waals surface area contributed by atoms with Gasteiger partial charge in [0.1, 0.15) is 0 Å². The third kappa shape index (κ3) is 3.17. The van der Waals surface area contributed by atoms with Crippen molar-refractivity contribution >= 4 is 0 Å². The quantitative estimate of drug-likeness (QED) is 0.762. The Hall–Kier alpha value is -0.160. The lowest BCUT2D eigenvalue weighted by Gasteiger charge is -2.37. The van der Waals surface area contributed by atoms with Gasteiger partial charge in [0.15, 0.2) is 0 Å². The first-order valence-corrected chi connectivity index (χ1v) is 6.47. The van der Waals surface area contributed by atoms with E-state index >= 15 is 0 Å². The van der Waals surface area contributed by atoms with Crippen LogP contribution in [-0.2, 0) is 9.47 Å². The van der Waals surface area contributed by atoms with E-state index in [-0.39, 0.29) is 0 Å². The molecule has 94 valence electrons. The highest BCUT2D eigenvalue weighted by Gasteiger charge is 2.27. The topological polar surface area (TPSA) is 47.7 Å². The molecule has 0 aromatic carbocycles. The molecule has 0 aromatic heterocycles. The average Bonchev–Trinajstić information content (AvgIpc) is 2.32. The summed E-state index contributed by atoms with van der Waals surface area (Å²) >= 11 is 0. The number of nitrogens with zero attached hydrogens (tertiary/aromatic N) is 1. The van der Waals surface area contributed by atoms with Crippen molar-refractivity contribution in [2.75, 3.05) is 39.5 Å². The monoisotopic (exact) mass is 228 g/mol. The van der Waals surface area contributed by atoms with Crippen LogP contribution < -0.4 is 5.73 Å². The van der Waals surface area contributed by atoms with Crippen LogP contribution >= 0.6 is 0 Å². The highest BCUT2D eigenvalue weighted by molar-refractivity contribution is 4.81. The Kier molecular flexibility index (Phi) is 4.58. The molecule has 4 nitrogen and oxygen atoms in total. The van der Waals surface area contributed by atoms with Gasteiger partial charge in [-0.3, -0.25) is 4.90 Å². The molecule has 2 saturated heterocycles. The van der Waals surface area contributed by atoms with Crippen LogP contribution in [0.2, 0.25) is 0 Å². The molecule has 0 bridgehead atoms. The molecule has 3 atom stereocenters. The fraction of sp³-hybridized carbons (Fsp3) is 1.00. The van der Waals surface area contributed by atoms with Crippen molar-refractivity contribution in [1.29, 1.82) is 0 Å². The number of hydrogen-bond donors (Lipinski definition) is 1. The van der Waals surface area contributed by atoms with Gasteiger partial charge in [0.05, 0.1) is 19.3 Å². The zero-order valence-electron chi connectivity index (χ0n) is 10.2. The summed E-state index contributed by atoms with van der Waals surface area (Å²) in [5.74, 6) is 0.504. The number of hydrogen-bond acceptors (Lipinski definition) is 4. The van der Waals surface area contributed by atoms with E-state index in [1.54, 1.807) is 0 Å². The van der Waals surface area contributed by atoms with Crippen LogP contribution in [0.3, 0.4) is 0 Å². The minimum Gasteiger partial charge on any atom is -0.381 e. The van der Waals surface area contributed by atoms with Crippen LogP contribution in [0, 0.1) is 5.92 Å². The first-order chi connectivity index (χ1) is 7.79. The van der Waals surface area contributed by atoms with Crippen molar-refractivity contribution in [3.63, 3.8) is 0 Å². The second kappa shape index (κ2) is 5.96. The molecule has 3 unspecified atom stereocenters. The van der Waals surface area contributed by atoms with Gasteiger partial charge < -0.3 is 15.2 Å². The molecule has 4 heteroatoms. The van der Waals surface area contributed by atoms with E-state index in [1.165, 1.54) is 0 Å². The fourth-order valence-corrected chi connectivity index (χ4v) is 2.53. The Morgan fingerprint density at radius 2 is 2.25 bits per heavy atom. The minimum absolute atomic E-state index is 0.316. The Balaban J connectivity index is 1.79.